The van der Waals surface area contributed by atoms with Crippen molar-refractivity contribution in [3.05, 3.63) is 59.2 Å². The van der Waals surface area contributed by atoms with Crippen LogP contribution < -0.4 is 5.32 Å². The average molecular weight is 369 g/mol. The topological polar surface area (TPSA) is 84.9 Å². The highest BCUT2D eigenvalue weighted by Crippen LogP contribution is 2.30. The molecule has 0 bridgehead atoms. The van der Waals surface area contributed by atoms with Gasteiger partial charge in [0.25, 0.3) is 0 Å². The Morgan fingerprint density at radius 2 is 1.78 bits per heavy atom. The molecule has 2 aromatic carbocycles. The fourth-order valence-corrected chi connectivity index (χ4v) is 2.80. The maximum absolute atomic E-state index is 12.2. The van der Waals surface area contributed by atoms with Gasteiger partial charge in [0.15, 0.2) is 12.1 Å². The number of carbonyl (C=O) groups excluding carboxylic acids is 2. The molecule has 0 spiro atoms. The molecular weight excluding hydrogens is 346 g/mol. The molecule has 1 amide bonds. The third-order valence-corrected chi connectivity index (χ3v) is 4.35. The van der Waals surface area contributed by atoms with Crippen molar-refractivity contribution in [2.24, 2.45) is 0 Å². The van der Waals surface area contributed by atoms with Crippen LogP contribution in [0.15, 0.2) is 42.5 Å². The van der Waals surface area contributed by atoms with Crippen LogP contribution >= 0.6 is 0 Å². The summed E-state index contributed by atoms with van der Waals surface area (Å²) < 4.78 is 11.1. The predicted octanol–water partition coefficient (Wildman–Crippen LogP) is 3.74. The SMILES string of the molecule is Cc1ccc(C(=O)CCC(=O)Nc2cc(C3OCCCO3)ccc2O)cc1. The van der Waals surface area contributed by atoms with Crippen molar-refractivity contribution >= 4 is 17.4 Å². The first-order valence-corrected chi connectivity index (χ1v) is 8.99. The number of Topliss-reactive ketones (excluding diaryl/α,β-unsaturated/α-hetero) is 1. The van der Waals surface area contributed by atoms with E-state index >= 15 is 0 Å². The summed E-state index contributed by atoms with van der Waals surface area (Å²) in [7, 11) is 0. The summed E-state index contributed by atoms with van der Waals surface area (Å²) in [5.41, 5.74) is 2.66. The Kier molecular flexibility index (Phi) is 6.21. The highest BCUT2D eigenvalue weighted by Gasteiger charge is 2.19. The zero-order chi connectivity index (χ0) is 19.2. The van der Waals surface area contributed by atoms with E-state index in [1.165, 1.54) is 6.07 Å². The molecular formula is C21H23NO5. The molecule has 0 saturated carbocycles. The van der Waals surface area contributed by atoms with Crippen LogP contribution in [0, 0.1) is 6.92 Å². The van der Waals surface area contributed by atoms with Gasteiger partial charge in [-0.2, -0.15) is 0 Å². The summed E-state index contributed by atoms with van der Waals surface area (Å²) in [5.74, 6) is -0.478. The van der Waals surface area contributed by atoms with E-state index in [9.17, 15) is 14.7 Å². The number of ketones is 1. The molecule has 1 saturated heterocycles. The number of hydrogen-bond donors (Lipinski definition) is 2. The minimum Gasteiger partial charge on any atom is -0.506 e. The maximum Gasteiger partial charge on any atom is 0.224 e. The number of amides is 1. The standard InChI is InChI=1S/C21H23NO5/c1-14-3-5-15(6-4-14)18(23)9-10-20(25)22-17-13-16(7-8-19(17)24)21-26-11-2-12-27-21/h3-8,13,21,24H,2,9-12H2,1H3,(H,22,25). The Morgan fingerprint density at radius 1 is 1.07 bits per heavy atom. The van der Waals surface area contributed by atoms with Gasteiger partial charge in [-0.05, 0) is 25.5 Å². The number of hydrogen-bond acceptors (Lipinski definition) is 5. The number of rotatable bonds is 6. The number of aromatic hydroxyl groups is 1. The normalized spacial score (nSPS) is 14.7. The lowest BCUT2D eigenvalue weighted by molar-refractivity contribution is -0.183. The van der Waals surface area contributed by atoms with Crippen LogP contribution in [0.1, 0.15) is 47.0 Å². The summed E-state index contributed by atoms with van der Waals surface area (Å²) in [5, 5.41) is 12.7. The summed E-state index contributed by atoms with van der Waals surface area (Å²) >= 11 is 0. The second-order valence-corrected chi connectivity index (χ2v) is 6.54. The number of benzene rings is 2. The van der Waals surface area contributed by atoms with Gasteiger partial charge in [-0.15, -0.1) is 0 Å². The molecule has 1 aliphatic rings. The maximum atomic E-state index is 12.2. The molecule has 0 unspecified atom stereocenters. The average Bonchev–Trinajstić information content (AvgIpc) is 2.69. The van der Waals surface area contributed by atoms with E-state index in [-0.39, 0.29) is 36.0 Å². The van der Waals surface area contributed by atoms with Crippen LogP contribution in [0.4, 0.5) is 5.69 Å². The number of carbonyl (C=O) groups is 2. The van der Waals surface area contributed by atoms with Crippen LogP contribution in [-0.4, -0.2) is 30.0 Å². The molecule has 1 aliphatic heterocycles. The van der Waals surface area contributed by atoms with E-state index < -0.39 is 6.29 Å². The third-order valence-electron chi connectivity index (χ3n) is 4.35. The van der Waals surface area contributed by atoms with Crippen molar-refractivity contribution in [3.63, 3.8) is 0 Å². The van der Waals surface area contributed by atoms with E-state index in [0.29, 0.717) is 18.8 Å². The number of ether oxygens (including phenoxy) is 2. The van der Waals surface area contributed by atoms with Gasteiger partial charge in [-0.3, -0.25) is 9.59 Å². The van der Waals surface area contributed by atoms with Crippen molar-refractivity contribution in [2.45, 2.75) is 32.5 Å². The molecule has 0 aliphatic carbocycles. The molecule has 0 aromatic heterocycles. The molecule has 2 N–H and O–H groups in total. The van der Waals surface area contributed by atoms with E-state index in [1.54, 1.807) is 24.3 Å². The van der Waals surface area contributed by atoms with Crippen molar-refractivity contribution in [1.29, 1.82) is 0 Å². The zero-order valence-corrected chi connectivity index (χ0v) is 15.2. The van der Waals surface area contributed by atoms with Crippen LogP contribution in [0.25, 0.3) is 0 Å². The quantitative estimate of drug-likeness (QED) is 0.598. The second kappa shape index (κ2) is 8.79. The molecule has 0 radical (unpaired) electrons. The second-order valence-electron chi connectivity index (χ2n) is 6.54. The number of phenolic OH excluding ortho intramolecular Hbond substituents is 1. The van der Waals surface area contributed by atoms with E-state index in [4.69, 9.17) is 9.47 Å². The Hall–Kier alpha value is -2.70. The lowest BCUT2D eigenvalue weighted by Crippen LogP contribution is -2.18. The smallest absolute Gasteiger partial charge is 0.224 e. The molecule has 2 aromatic rings. The summed E-state index contributed by atoms with van der Waals surface area (Å²) in [4.78, 5) is 24.4. The molecule has 0 atom stereocenters. The fraction of sp³-hybridized carbons (Fsp3) is 0.333. The number of anilines is 1. The molecule has 27 heavy (non-hydrogen) atoms. The molecule has 142 valence electrons. The minimum absolute atomic E-state index is 0.0345. The van der Waals surface area contributed by atoms with Gasteiger partial charge in [-0.25, -0.2) is 0 Å². The lowest BCUT2D eigenvalue weighted by Gasteiger charge is -2.24. The number of nitrogens with one attached hydrogen (secondary N) is 1. The van der Waals surface area contributed by atoms with Gasteiger partial charge in [0, 0.05) is 24.0 Å². The van der Waals surface area contributed by atoms with E-state index in [1.807, 2.05) is 19.1 Å². The summed E-state index contributed by atoms with van der Waals surface area (Å²) in [6.45, 7) is 3.16. The van der Waals surface area contributed by atoms with Gasteiger partial charge in [0.2, 0.25) is 5.91 Å². The van der Waals surface area contributed by atoms with Gasteiger partial charge >= 0.3 is 0 Å². The Labute approximate surface area is 158 Å². The van der Waals surface area contributed by atoms with Gasteiger partial charge < -0.3 is 19.9 Å². The molecule has 1 heterocycles. The van der Waals surface area contributed by atoms with Gasteiger partial charge in [0.05, 0.1) is 18.9 Å². The number of aryl methyl sites for hydroxylation is 1. The fourth-order valence-electron chi connectivity index (χ4n) is 2.80. The van der Waals surface area contributed by atoms with Gasteiger partial charge in [-0.1, -0.05) is 35.9 Å². The van der Waals surface area contributed by atoms with Crippen LogP contribution in [0.2, 0.25) is 0 Å². The third kappa shape index (κ3) is 5.15. The Balaban J connectivity index is 1.58. The van der Waals surface area contributed by atoms with Crippen molar-refractivity contribution in [1.82, 2.24) is 0 Å². The van der Waals surface area contributed by atoms with E-state index in [2.05, 4.69) is 5.32 Å². The first-order chi connectivity index (χ1) is 13.0. The van der Waals surface area contributed by atoms with Crippen molar-refractivity contribution < 1.29 is 24.2 Å². The highest BCUT2D eigenvalue weighted by molar-refractivity contribution is 6.00. The zero-order valence-electron chi connectivity index (χ0n) is 15.2. The predicted molar refractivity (Wildman–Crippen MR) is 101 cm³/mol. The molecule has 1 fully saturated rings. The van der Waals surface area contributed by atoms with Crippen LogP contribution in [0.5, 0.6) is 5.75 Å². The lowest BCUT2D eigenvalue weighted by atomic mass is 10.0. The Bertz CT molecular complexity index is 810. The molecule has 3 rings (SSSR count). The Morgan fingerprint density at radius 3 is 2.48 bits per heavy atom. The first kappa shape index (κ1) is 19.1. The summed E-state index contributed by atoms with van der Waals surface area (Å²) in [6.07, 6.45) is 0.475. The van der Waals surface area contributed by atoms with Crippen molar-refractivity contribution in [2.75, 3.05) is 18.5 Å². The van der Waals surface area contributed by atoms with Crippen molar-refractivity contribution in [3.8, 4) is 5.75 Å². The highest BCUT2D eigenvalue weighted by atomic mass is 16.7. The molecule has 6 nitrogen and oxygen atoms in total. The van der Waals surface area contributed by atoms with Crippen LogP contribution in [0.3, 0.4) is 0 Å². The summed E-state index contributed by atoms with van der Waals surface area (Å²) in [6, 6.07) is 12.1. The van der Waals surface area contributed by atoms with E-state index in [0.717, 1.165) is 17.5 Å². The molecule has 6 heteroatoms. The van der Waals surface area contributed by atoms with Crippen LogP contribution in [-0.2, 0) is 14.3 Å². The van der Waals surface area contributed by atoms with Gasteiger partial charge in [0.1, 0.15) is 5.75 Å². The minimum atomic E-state index is -0.502. The monoisotopic (exact) mass is 369 g/mol. The number of phenols is 1. The first-order valence-electron chi connectivity index (χ1n) is 8.99. The largest absolute Gasteiger partial charge is 0.506 e.